The molecule has 0 radical (unpaired) electrons. The topological polar surface area (TPSA) is 43.8 Å². The van der Waals surface area contributed by atoms with E-state index in [4.69, 9.17) is 0 Å². The van der Waals surface area contributed by atoms with Crippen molar-refractivity contribution in [3.8, 4) is 0 Å². The summed E-state index contributed by atoms with van der Waals surface area (Å²) in [6.07, 6.45) is 6.54. The van der Waals surface area contributed by atoms with Gasteiger partial charge in [0.05, 0.1) is 6.10 Å². The van der Waals surface area contributed by atoms with Gasteiger partial charge in [-0.3, -0.25) is 4.79 Å². The summed E-state index contributed by atoms with van der Waals surface area (Å²) < 4.78 is 0. The van der Waals surface area contributed by atoms with Gasteiger partial charge in [-0.2, -0.15) is 0 Å². The van der Waals surface area contributed by atoms with Crippen molar-refractivity contribution in [3.05, 3.63) is 0 Å². The Morgan fingerprint density at radius 2 is 2.05 bits per heavy atom. The third kappa shape index (κ3) is 4.74. The molecule has 1 N–H and O–H groups in total. The summed E-state index contributed by atoms with van der Waals surface area (Å²) in [7, 11) is 2.09. The van der Waals surface area contributed by atoms with Crippen LogP contribution >= 0.6 is 0 Å². The minimum absolute atomic E-state index is 0.202. The molecule has 116 valence electrons. The lowest BCUT2D eigenvalue weighted by Crippen LogP contribution is -2.41. The quantitative estimate of drug-likeness (QED) is 0.807. The fourth-order valence-electron chi connectivity index (χ4n) is 3.60. The lowest BCUT2D eigenvalue weighted by Gasteiger charge is -2.31. The van der Waals surface area contributed by atoms with Crippen LogP contribution in [0.2, 0.25) is 0 Å². The summed E-state index contributed by atoms with van der Waals surface area (Å²) in [5.41, 5.74) is 0. The van der Waals surface area contributed by atoms with Crippen molar-refractivity contribution < 1.29 is 9.90 Å². The third-order valence-corrected chi connectivity index (χ3v) is 4.83. The number of aliphatic hydroxyl groups is 1. The number of likely N-dealkylation sites (N-methyl/N-ethyl adjacent to an activating group) is 1. The number of amides is 1. The molecular formula is C16H30N2O2. The van der Waals surface area contributed by atoms with Gasteiger partial charge in [-0.1, -0.05) is 19.8 Å². The fourth-order valence-corrected chi connectivity index (χ4v) is 3.60. The molecule has 4 heteroatoms. The molecule has 2 fully saturated rings. The van der Waals surface area contributed by atoms with Crippen LogP contribution in [-0.2, 0) is 4.79 Å². The SMILES string of the molecule is CC1CCC(CN(C)CC(O)CN2CCCC2=O)CC1. The van der Waals surface area contributed by atoms with E-state index in [1.807, 2.05) is 0 Å². The first-order chi connectivity index (χ1) is 9.54. The molecule has 20 heavy (non-hydrogen) atoms. The van der Waals surface area contributed by atoms with E-state index in [0.717, 1.165) is 31.3 Å². The van der Waals surface area contributed by atoms with Gasteiger partial charge in [0, 0.05) is 32.6 Å². The van der Waals surface area contributed by atoms with Gasteiger partial charge in [0.15, 0.2) is 0 Å². The van der Waals surface area contributed by atoms with Crippen LogP contribution < -0.4 is 0 Å². The maximum absolute atomic E-state index is 11.5. The van der Waals surface area contributed by atoms with Crippen molar-refractivity contribution in [2.45, 2.75) is 51.6 Å². The predicted octanol–water partition coefficient (Wildman–Crippen LogP) is 1.73. The molecule has 4 nitrogen and oxygen atoms in total. The van der Waals surface area contributed by atoms with E-state index in [0.29, 0.717) is 19.5 Å². The van der Waals surface area contributed by atoms with Crippen LogP contribution in [0.5, 0.6) is 0 Å². The van der Waals surface area contributed by atoms with Gasteiger partial charge in [0.2, 0.25) is 5.91 Å². The Morgan fingerprint density at radius 1 is 1.35 bits per heavy atom. The van der Waals surface area contributed by atoms with Crippen molar-refractivity contribution in [3.63, 3.8) is 0 Å². The van der Waals surface area contributed by atoms with Crippen molar-refractivity contribution in [1.82, 2.24) is 9.80 Å². The van der Waals surface area contributed by atoms with Gasteiger partial charge in [-0.05, 0) is 38.1 Å². The van der Waals surface area contributed by atoms with E-state index in [2.05, 4.69) is 18.9 Å². The second-order valence-corrected chi connectivity index (χ2v) is 6.94. The monoisotopic (exact) mass is 282 g/mol. The van der Waals surface area contributed by atoms with Crippen molar-refractivity contribution >= 4 is 5.91 Å². The summed E-state index contributed by atoms with van der Waals surface area (Å²) in [6.45, 7) is 5.43. The number of β-amino-alcohol motifs (C(OH)–C–C–N with tert-alkyl or cyclic N) is 1. The summed E-state index contributed by atoms with van der Waals surface area (Å²) >= 11 is 0. The first kappa shape index (κ1) is 15.8. The van der Waals surface area contributed by atoms with Gasteiger partial charge >= 0.3 is 0 Å². The highest BCUT2D eigenvalue weighted by atomic mass is 16.3. The second-order valence-electron chi connectivity index (χ2n) is 6.94. The van der Waals surface area contributed by atoms with Crippen LogP contribution in [0.1, 0.15) is 45.4 Å². The largest absolute Gasteiger partial charge is 0.390 e. The van der Waals surface area contributed by atoms with Crippen LogP contribution in [0, 0.1) is 11.8 Å². The summed E-state index contributed by atoms with van der Waals surface area (Å²) in [4.78, 5) is 15.6. The number of hydrogen-bond donors (Lipinski definition) is 1. The number of rotatable bonds is 6. The normalized spacial score (nSPS) is 29.2. The number of carbonyl (C=O) groups is 1. The minimum atomic E-state index is -0.412. The van der Waals surface area contributed by atoms with Crippen LogP contribution in [0.4, 0.5) is 0 Å². The molecule has 1 heterocycles. The van der Waals surface area contributed by atoms with E-state index in [1.54, 1.807) is 4.90 Å². The fraction of sp³-hybridized carbons (Fsp3) is 0.938. The van der Waals surface area contributed by atoms with Crippen molar-refractivity contribution in [1.29, 1.82) is 0 Å². The van der Waals surface area contributed by atoms with Gasteiger partial charge < -0.3 is 14.9 Å². The first-order valence-electron chi connectivity index (χ1n) is 8.19. The van der Waals surface area contributed by atoms with E-state index >= 15 is 0 Å². The highest BCUT2D eigenvalue weighted by Crippen LogP contribution is 2.28. The lowest BCUT2D eigenvalue weighted by molar-refractivity contribution is -0.129. The molecule has 0 aromatic rings. The molecule has 0 spiro atoms. The molecule has 1 unspecified atom stereocenters. The second kappa shape index (κ2) is 7.41. The maximum Gasteiger partial charge on any atom is 0.222 e. The third-order valence-electron chi connectivity index (χ3n) is 4.83. The molecular weight excluding hydrogens is 252 g/mol. The van der Waals surface area contributed by atoms with Gasteiger partial charge in [-0.15, -0.1) is 0 Å². The molecule has 0 aromatic heterocycles. The zero-order chi connectivity index (χ0) is 14.5. The number of nitrogens with zero attached hydrogens (tertiary/aromatic N) is 2. The number of aliphatic hydroxyl groups excluding tert-OH is 1. The van der Waals surface area contributed by atoms with E-state index in [-0.39, 0.29) is 5.91 Å². The Balaban J connectivity index is 1.65. The number of hydrogen-bond acceptors (Lipinski definition) is 3. The molecule has 2 aliphatic rings. The molecule has 1 aliphatic heterocycles. The molecule has 1 saturated carbocycles. The Kier molecular flexibility index (Phi) is 5.85. The maximum atomic E-state index is 11.5. The summed E-state index contributed by atoms with van der Waals surface area (Å²) in [5, 5.41) is 10.1. The smallest absolute Gasteiger partial charge is 0.222 e. The number of likely N-dealkylation sites (tertiary alicyclic amines) is 1. The summed E-state index contributed by atoms with van der Waals surface area (Å²) in [6, 6.07) is 0. The van der Waals surface area contributed by atoms with Crippen LogP contribution in [0.15, 0.2) is 0 Å². The lowest BCUT2D eigenvalue weighted by atomic mass is 9.83. The highest BCUT2D eigenvalue weighted by Gasteiger charge is 2.24. The van der Waals surface area contributed by atoms with Crippen molar-refractivity contribution in [2.24, 2.45) is 11.8 Å². The molecule has 2 rings (SSSR count). The molecule has 1 atom stereocenters. The Hall–Kier alpha value is -0.610. The summed E-state index contributed by atoms with van der Waals surface area (Å²) in [5.74, 6) is 1.88. The predicted molar refractivity (Wildman–Crippen MR) is 80.4 cm³/mol. The van der Waals surface area contributed by atoms with E-state index in [1.165, 1.54) is 25.7 Å². The zero-order valence-electron chi connectivity index (χ0n) is 13.1. The van der Waals surface area contributed by atoms with Crippen LogP contribution in [-0.4, -0.2) is 60.1 Å². The molecule has 1 amide bonds. The van der Waals surface area contributed by atoms with E-state index in [9.17, 15) is 9.90 Å². The zero-order valence-corrected chi connectivity index (χ0v) is 13.1. The molecule has 1 aliphatic carbocycles. The minimum Gasteiger partial charge on any atom is -0.390 e. The first-order valence-corrected chi connectivity index (χ1v) is 8.19. The average Bonchev–Trinajstić information content (AvgIpc) is 2.77. The van der Waals surface area contributed by atoms with Gasteiger partial charge in [0.25, 0.3) is 0 Å². The Labute approximate surface area is 123 Å². The highest BCUT2D eigenvalue weighted by molar-refractivity contribution is 5.78. The Bertz CT molecular complexity index is 314. The molecule has 1 saturated heterocycles. The van der Waals surface area contributed by atoms with E-state index < -0.39 is 6.10 Å². The van der Waals surface area contributed by atoms with Gasteiger partial charge in [-0.25, -0.2) is 0 Å². The van der Waals surface area contributed by atoms with Crippen LogP contribution in [0.25, 0.3) is 0 Å². The molecule has 0 aromatic carbocycles. The molecule has 0 bridgehead atoms. The Morgan fingerprint density at radius 3 is 2.65 bits per heavy atom. The number of carbonyl (C=O) groups excluding carboxylic acids is 1. The average molecular weight is 282 g/mol. The van der Waals surface area contributed by atoms with Crippen molar-refractivity contribution in [2.75, 3.05) is 33.2 Å². The van der Waals surface area contributed by atoms with Gasteiger partial charge in [0.1, 0.15) is 0 Å². The standard InChI is InChI=1S/C16H30N2O2/c1-13-5-7-14(8-6-13)10-17(2)11-15(19)12-18-9-3-4-16(18)20/h13-15,19H,3-12H2,1-2H3. The van der Waals surface area contributed by atoms with Crippen LogP contribution in [0.3, 0.4) is 0 Å².